The van der Waals surface area contributed by atoms with E-state index in [0.29, 0.717) is 11.2 Å². The monoisotopic (exact) mass is 260 g/mol. The van der Waals surface area contributed by atoms with Gasteiger partial charge in [-0.1, -0.05) is 51.2 Å². The Bertz CT molecular complexity index is 392. The molecule has 3 rings (SSSR count). The van der Waals surface area contributed by atoms with Gasteiger partial charge in [0.25, 0.3) is 0 Å². The van der Waals surface area contributed by atoms with E-state index in [1.54, 1.807) is 0 Å². The van der Waals surface area contributed by atoms with Gasteiger partial charge in [0, 0.05) is 12.8 Å². The number of allylic oxidation sites excluding steroid dienone is 2. The van der Waals surface area contributed by atoms with Gasteiger partial charge in [-0.15, -0.1) is 0 Å². The zero-order valence-corrected chi connectivity index (χ0v) is 12.6. The number of fused-ring (bicyclic) bond motifs is 3. The molecular formula is C18H28O. The van der Waals surface area contributed by atoms with Crippen LogP contribution >= 0.6 is 0 Å². The molecule has 3 aliphatic carbocycles. The zero-order valence-electron chi connectivity index (χ0n) is 12.6. The van der Waals surface area contributed by atoms with Gasteiger partial charge in [-0.3, -0.25) is 4.79 Å². The molecule has 2 fully saturated rings. The van der Waals surface area contributed by atoms with Crippen LogP contribution in [0, 0.1) is 23.2 Å². The zero-order chi connectivity index (χ0) is 13.5. The molecule has 0 bridgehead atoms. The Morgan fingerprint density at radius 1 is 1.37 bits per heavy atom. The van der Waals surface area contributed by atoms with Gasteiger partial charge in [0.15, 0.2) is 0 Å². The molecular weight excluding hydrogens is 232 g/mol. The van der Waals surface area contributed by atoms with Crippen molar-refractivity contribution in [2.75, 3.05) is 0 Å². The third kappa shape index (κ3) is 2.19. The van der Waals surface area contributed by atoms with E-state index in [9.17, 15) is 4.79 Å². The Labute approximate surface area is 117 Å². The van der Waals surface area contributed by atoms with Gasteiger partial charge in [-0.05, 0) is 42.4 Å². The minimum Gasteiger partial charge on any atom is -0.299 e. The highest BCUT2D eigenvalue weighted by Crippen LogP contribution is 2.57. The van der Waals surface area contributed by atoms with Crippen molar-refractivity contribution in [3.05, 3.63) is 11.6 Å². The van der Waals surface area contributed by atoms with Crippen molar-refractivity contribution >= 4 is 5.78 Å². The first kappa shape index (κ1) is 13.4. The lowest BCUT2D eigenvalue weighted by atomic mass is 9.51. The van der Waals surface area contributed by atoms with Crippen LogP contribution in [0.15, 0.2) is 11.6 Å². The fourth-order valence-electron chi connectivity index (χ4n) is 5.30. The first-order valence-corrected chi connectivity index (χ1v) is 8.36. The van der Waals surface area contributed by atoms with Gasteiger partial charge in [0.05, 0.1) is 0 Å². The topological polar surface area (TPSA) is 17.1 Å². The molecule has 0 amide bonds. The summed E-state index contributed by atoms with van der Waals surface area (Å²) in [6.45, 7) is 4.80. The van der Waals surface area contributed by atoms with Crippen LogP contribution in [0.2, 0.25) is 0 Å². The summed E-state index contributed by atoms with van der Waals surface area (Å²) in [5, 5.41) is 0. The van der Waals surface area contributed by atoms with E-state index in [1.165, 1.54) is 44.1 Å². The summed E-state index contributed by atoms with van der Waals surface area (Å²) in [5.74, 6) is 3.21. The maximum atomic E-state index is 11.7. The molecule has 3 aliphatic rings. The molecule has 0 aromatic heterocycles. The van der Waals surface area contributed by atoms with Crippen molar-refractivity contribution < 1.29 is 4.79 Å². The van der Waals surface area contributed by atoms with Crippen molar-refractivity contribution in [1.82, 2.24) is 0 Å². The average molecular weight is 260 g/mol. The molecule has 0 heterocycles. The quantitative estimate of drug-likeness (QED) is 0.645. The number of rotatable bonds is 2. The molecule has 106 valence electrons. The van der Waals surface area contributed by atoms with Gasteiger partial charge in [-0.2, -0.15) is 0 Å². The van der Waals surface area contributed by atoms with Crippen LogP contribution in [0.3, 0.4) is 0 Å². The second-order valence-corrected chi connectivity index (χ2v) is 7.35. The number of ketones is 1. The molecule has 0 saturated heterocycles. The summed E-state index contributed by atoms with van der Waals surface area (Å²) in [5.41, 5.74) is 1.87. The van der Waals surface area contributed by atoms with Crippen molar-refractivity contribution in [2.24, 2.45) is 23.2 Å². The van der Waals surface area contributed by atoms with Crippen LogP contribution in [-0.2, 0) is 4.79 Å². The molecule has 0 spiro atoms. The summed E-state index contributed by atoms with van der Waals surface area (Å²) < 4.78 is 0. The predicted octanol–water partition coefficient (Wildman–Crippen LogP) is 4.91. The fourth-order valence-corrected chi connectivity index (χ4v) is 5.30. The van der Waals surface area contributed by atoms with E-state index in [1.807, 2.05) is 0 Å². The number of carbonyl (C=O) groups excluding carboxylic acids is 1. The summed E-state index contributed by atoms with van der Waals surface area (Å²) in [4.78, 5) is 11.7. The average Bonchev–Trinajstić information content (AvgIpc) is 2.41. The highest BCUT2D eigenvalue weighted by Gasteiger charge is 2.49. The summed E-state index contributed by atoms with van der Waals surface area (Å²) >= 11 is 0. The molecule has 19 heavy (non-hydrogen) atoms. The molecule has 0 N–H and O–H groups in total. The van der Waals surface area contributed by atoms with Crippen LogP contribution in [0.4, 0.5) is 0 Å². The van der Waals surface area contributed by atoms with Crippen LogP contribution in [0.25, 0.3) is 0 Å². The first-order valence-electron chi connectivity index (χ1n) is 8.36. The smallest absolute Gasteiger partial charge is 0.136 e. The normalized spacial score (nSPS) is 42.3. The Kier molecular flexibility index (Phi) is 3.57. The molecule has 0 radical (unpaired) electrons. The minimum absolute atomic E-state index is 0.364. The van der Waals surface area contributed by atoms with Crippen molar-refractivity contribution in [1.29, 1.82) is 0 Å². The lowest BCUT2D eigenvalue weighted by molar-refractivity contribution is -0.121. The minimum atomic E-state index is 0.364. The van der Waals surface area contributed by atoms with Crippen LogP contribution in [0.1, 0.15) is 71.6 Å². The van der Waals surface area contributed by atoms with E-state index in [2.05, 4.69) is 19.9 Å². The third-order valence-corrected chi connectivity index (χ3v) is 6.37. The van der Waals surface area contributed by atoms with Crippen molar-refractivity contribution in [2.45, 2.75) is 71.6 Å². The van der Waals surface area contributed by atoms with E-state index >= 15 is 0 Å². The summed E-state index contributed by atoms with van der Waals surface area (Å²) in [6.07, 6.45) is 13.5. The molecule has 0 unspecified atom stereocenters. The SMILES string of the molecule is CCC[C@@H]1CCC[C@H]2[C@H]1CC=C1CC(=O)CC[C@@]12C. The largest absolute Gasteiger partial charge is 0.299 e. The van der Waals surface area contributed by atoms with E-state index < -0.39 is 0 Å². The van der Waals surface area contributed by atoms with E-state index in [4.69, 9.17) is 0 Å². The van der Waals surface area contributed by atoms with Crippen LogP contribution in [0.5, 0.6) is 0 Å². The second-order valence-electron chi connectivity index (χ2n) is 7.35. The Balaban J connectivity index is 1.87. The van der Waals surface area contributed by atoms with Gasteiger partial charge in [0.2, 0.25) is 0 Å². The molecule has 1 heteroatoms. The fraction of sp³-hybridized carbons (Fsp3) is 0.833. The Morgan fingerprint density at radius 3 is 3.00 bits per heavy atom. The Hall–Kier alpha value is -0.590. The summed E-state index contributed by atoms with van der Waals surface area (Å²) in [7, 11) is 0. The van der Waals surface area contributed by atoms with E-state index in [-0.39, 0.29) is 0 Å². The first-order chi connectivity index (χ1) is 9.15. The number of hydrogen-bond donors (Lipinski definition) is 0. The Morgan fingerprint density at radius 2 is 2.21 bits per heavy atom. The highest BCUT2D eigenvalue weighted by molar-refractivity contribution is 5.82. The molecule has 0 aromatic rings. The number of Topliss-reactive ketones (excluding diaryl/α,β-unsaturated/α-hetero) is 1. The second kappa shape index (κ2) is 5.07. The molecule has 0 aromatic carbocycles. The summed E-state index contributed by atoms with van der Waals surface area (Å²) in [6, 6.07) is 0. The maximum Gasteiger partial charge on any atom is 0.136 e. The standard InChI is InChI=1S/C18H28O/c1-3-5-13-6-4-7-17-16(13)9-8-14-12-15(19)10-11-18(14,17)2/h8,13,16-17H,3-7,9-12H2,1-2H3/t13-,16+,17+,18+/m1/s1. The molecule has 2 saturated carbocycles. The molecule has 0 aliphatic heterocycles. The van der Waals surface area contributed by atoms with Crippen molar-refractivity contribution in [3.8, 4) is 0 Å². The van der Waals surface area contributed by atoms with Gasteiger partial charge in [0.1, 0.15) is 5.78 Å². The van der Waals surface area contributed by atoms with Crippen molar-refractivity contribution in [3.63, 3.8) is 0 Å². The van der Waals surface area contributed by atoms with Gasteiger partial charge < -0.3 is 0 Å². The highest BCUT2D eigenvalue weighted by atomic mass is 16.1. The lowest BCUT2D eigenvalue weighted by Crippen LogP contribution is -2.45. The predicted molar refractivity (Wildman–Crippen MR) is 78.9 cm³/mol. The van der Waals surface area contributed by atoms with Gasteiger partial charge >= 0.3 is 0 Å². The molecule has 1 nitrogen and oxygen atoms in total. The number of carbonyl (C=O) groups is 1. The van der Waals surface area contributed by atoms with Crippen LogP contribution in [-0.4, -0.2) is 5.78 Å². The number of hydrogen-bond acceptors (Lipinski definition) is 1. The van der Waals surface area contributed by atoms with Crippen LogP contribution < -0.4 is 0 Å². The molecule has 4 atom stereocenters. The van der Waals surface area contributed by atoms with E-state index in [0.717, 1.165) is 37.0 Å². The third-order valence-electron chi connectivity index (χ3n) is 6.37. The maximum absolute atomic E-state index is 11.7. The lowest BCUT2D eigenvalue weighted by Gasteiger charge is -2.53. The van der Waals surface area contributed by atoms with Gasteiger partial charge in [-0.25, -0.2) is 0 Å².